The van der Waals surface area contributed by atoms with Gasteiger partial charge in [0.05, 0.1) is 37.3 Å². The maximum atomic E-state index is 13.2. The molecule has 0 aliphatic carbocycles. The van der Waals surface area contributed by atoms with Gasteiger partial charge in [-0.1, -0.05) is 6.07 Å². The molecule has 0 unspecified atom stereocenters. The Labute approximate surface area is 166 Å². The van der Waals surface area contributed by atoms with E-state index < -0.39 is 0 Å². The van der Waals surface area contributed by atoms with Crippen LogP contribution in [-0.4, -0.2) is 58.1 Å². The number of pyridine rings is 1. The van der Waals surface area contributed by atoms with Gasteiger partial charge >= 0.3 is 0 Å². The molecule has 2 aliphatic rings. The summed E-state index contributed by atoms with van der Waals surface area (Å²) in [5.74, 6) is 0.120. The highest BCUT2D eigenvalue weighted by atomic mass is 16.3. The van der Waals surface area contributed by atoms with Crippen molar-refractivity contribution in [3.63, 3.8) is 0 Å². The van der Waals surface area contributed by atoms with Gasteiger partial charge in [-0.05, 0) is 50.4 Å². The molecular formula is C22H29N3O3. The normalized spacial score (nSPS) is 25.5. The molecule has 2 aliphatic heterocycles. The standard InChI is InChI=1S/C22H29N3O3/c1-17-4-2-8-23-19(17)12-21(27)25-9-3-6-22(16-26)7-10-24(14-20(22)25)13-18-5-11-28-15-18/h2,4-5,8,11,15,20,26H,3,6-7,9-10,12-14,16H2,1H3/t20-,22-/m1/s1. The van der Waals surface area contributed by atoms with Gasteiger partial charge in [-0.2, -0.15) is 0 Å². The predicted molar refractivity (Wildman–Crippen MR) is 106 cm³/mol. The van der Waals surface area contributed by atoms with E-state index in [1.165, 1.54) is 0 Å². The highest BCUT2D eigenvalue weighted by Gasteiger charge is 2.48. The number of aromatic nitrogens is 1. The van der Waals surface area contributed by atoms with Crippen LogP contribution in [0.4, 0.5) is 0 Å². The van der Waals surface area contributed by atoms with E-state index in [1.54, 1.807) is 18.7 Å². The number of carbonyl (C=O) groups excluding carboxylic acids is 1. The highest BCUT2D eigenvalue weighted by molar-refractivity contribution is 5.79. The zero-order chi connectivity index (χ0) is 19.6. The molecule has 2 atom stereocenters. The molecule has 0 saturated carbocycles. The number of rotatable bonds is 5. The lowest BCUT2D eigenvalue weighted by Gasteiger charge is -2.54. The van der Waals surface area contributed by atoms with Crippen LogP contribution in [0.1, 0.15) is 36.1 Å². The third-order valence-corrected chi connectivity index (χ3v) is 6.57. The summed E-state index contributed by atoms with van der Waals surface area (Å²) >= 11 is 0. The molecule has 150 valence electrons. The number of fused-ring (bicyclic) bond motifs is 1. The van der Waals surface area contributed by atoms with Crippen LogP contribution in [0.2, 0.25) is 0 Å². The Morgan fingerprint density at radius 1 is 1.36 bits per heavy atom. The molecule has 2 aromatic heterocycles. The number of furan rings is 1. The average molecular weight is 383 g/mol. The lowest BCUT2D eigenvalue weighted by Crippen LogP contribution is -2.63. The van der Waals surface area contributed by atoms with Gasteiger partial charge in [0.15, 0.2) is 0 Å². The minimum absolute atomic E-state index is 0.0448. The largest absolute Gasteiger partial charge is 0.472 e. The smallest absolute Gasteiger partial charge is 0.228 e. The molecule has 6 nitrogen and oxygen atoms in total. The fraction of sp³-hybridized carbons (Fsp3) is 0.545. The van der Waals surface area contributed by atoms with Crippen molar-refractivity contribution >= 4 is 5.91 Å². The summed E-state index contributed by atoms with van der Waals surface area (Å²) < 4.78 is 5.20. The van der Waals surface area contributed by atoms with E-state index in [-0.39, 0.29) is 24.0 Å². The van der Waals surface area contributed by atoms with Crippen LogP contribution >= 0.6 is 0 Å². The van der Waals surface area contributed by atoms with E-state index in [1.807, 2.05) is 30.0 Å². The number of aryl methyl sites for hydroxylation is 1. The van der Waals surface area contributed by atoms with Gasteiger partial charge in [-0.25, -0.2) is 0 Å². The van der Waals surface area contributed by atoms with Crippen LogP contribution in [0, 0.1) is 12.3 Å². The van der Waals surface area contributed by atoms with Crippen LogP contribution in [0.3, 0.4) is 0 Å². The zero-order valence-electron chi connectivity index (χ0n) is 16.5. The molecule has 0 aromatic carbocycles. The fourth-order valence-electron chi connectivity index (χ4n) is 4.85. The third-order valence-electron chi connectivity index (χ3n) is 6.57. The van der Waals surface area contributed by atoms with E-state index in [4.69, 9.17) is 4.42 Å². The lowest BCUT2D eigenvalue weighted by atomic mass is 9.68. The molecule has 0 spiro atoms. The first kappa shape index (κ1) is 19.2. The van der Waals surface area contributed by atoms with Crippen molar-refractivity contribution in [3.05, 3.63) is 53.7 Å². The second-order valence-electron chi connectivity index (χ2n) is 8.29. The lowest BCUT2D eigenvalue weighted by molar-refractivity contribution is -0.146. The van der Waals surface area contributed by atoms with Gasteiger partial charge in [0.1, 0.15) is 0 Å². The summed E-state index contributed by atoms with van der Waals surface area (Å²) in [7, 11) is 0. The molecule has 2 fully saturated rings. The van der Waals surface area contributed by atoms with E-state index in [0.717, 1.165) is 62.3 Å². The van der Waals surface area contributed by atoms with Gasteiger partial charge < -0.3 is 14.4 Å². The van der Waals surface area contributed by atoms with E-state index in [9.17, 15) is 9.90 Å². The Hall–Kier alpha value is -2.18. The molecule has 0 radical (unpaired) electrons. The van der Waals surface area contributed by atoms with Crippen LogP contribution in [0.25, 0.3) is 0 Å². The molecule has 2 saturated heterocycles. The summed E-state index contributed by atoms with van der Waals surface area (Å²) in [5.41, 5.74) is 2.86. The van der Waals surface area contributed by atoms with Gasteiger partial charge in [-0.3, -0.25) is 14.7 Å². The molecule has 1 amide bonds. The quantitative estimate of drug-likeness (QED) is 0.859. The second-order valence-corrected chi connectivity index (χ2v) is 8.29. The van der Waals surface area contributed by atoms with Crippen molar-refractivity contribution in [2.75, 3.05) is 26.2 Å². The Bertz CT molecular complexity index is 807. The van der Waals surface area contributed by atoms with Crippen molar-refractivity contribution in [3.8, 4) is 0 Å². The van der Waals surface area contributed by atoms with Crippen LogP contribution in [0.15, 0.2) is 41.3 Å². The molecule has 1 N–H and O–H groups in total. The number of aliphatic hydroxyl groups is 1. The summed E-state index contributed by atoms with van der Waals surface area (Å²) in [5, 5.41) is 10.3. The summed E-state index contributed by atoms with van der Waals surface area (Å²) in [6, 6.07) is 5.93. The SMILES string of the molecule is Cc1cccnc1CC(=O)N1CCC[C@]2(CO)CCN(Cc3ccoc3)C[C@@H]12. The molecule has 2 aromatic rings. The summed E-state index contributed by atoms with van der Waals surface area (Å²) in [6.07, 6.45) is 8.40. The Kier molecular flexibility index (Phi) is 5.51. The maximum Gasteiger partial charge on any atom is 0.228 e. The molecule has 0 bridgehead atoms. The van der Waals surface area contributed by atoms with E-state index in [0.29, 0.717) is 6.42 Å². The van der Waals surface area contributed by atoms with E-state index >= 15 is 0 Å². The summed E-state index contributed by atoms with van der Waals surface area (Å²) in [6.45, 7) is 5.44. The number of amides is 1. The topological polar surface area (TPSA) is 69.8 Å². The number of likely N-dealkylation sites (tertiary alicyclic amines) is 2. The number of hydrogen-bond acceptors (Lipinski definition) is 5. The average Bonchev–Trinajstić information content (AvgIpc) is 3.22. The second kappa shape index (κ2) is 8.05. The zero-order valence-corrected chi connectivity index (χ0v) is 16.5. The van der Waals surface area contributed by atoms with Gasteiger partial charge in [0.2, 0.25) is 5.91 Å². The molecular weight excluding hydrogens is 354 g/mol. The van der Waals surface area contributed by atoms with E-state index in [2.05, 4.69) is 9.88 Å². The highest BCUT2D eigenvalue weighted by Crippen LogP contribution is 2.42. The maximum absolute atomic E-state index is 13.2. The van der Waals surface area contributed by atoms with Crippen LogP contribution in [-0.2, 0) is 17.8 Å². The predicted octanol–water partition coefficient (Wildman–Crippen LogP) is 2.40. The van der Waals surface area contributed by atoms with Crippen LogP contribution < -0.4 is 0 Å². The number of hydrogen-bond donors (Lipinski definition) is 1. The minimum atomic E-state index is -0.181. The number of piperidine rings is 2. The van der Waals surface area contributed by atoms with Crippen molar-refractivity contribution < 1.29 is 14.3 Å². The minimum Gasteiger partial charge on any atom is -0.472 e. The Balaban J connectivity index is 1.52. The third kappa shape index (κ3) is 3.71. The number of nitrogens with zero attached hydrogens (tertiary/aromatic N) is 3. The van der Waals surface area contributed by atoms with Crippen LogP contribution in [0.5, 0.6) is 0 Å². The molecule has 4 heterocycles. The Morgan fingerprint density at radius 2 is 2.25 bits per heavy atom. The first-order valence-electron chi connectivity index (χ1n) is 10.2. The van der Waals surface area contributed by atoms with Crippen molar-refractivity contribution in [1.82, 2.24) is 14.8 Å². The monoisotopic (exact) mass is 383 g/mol. The van der Waals surface area contributed by atoms with Crippen molar-refractivity contribution in [2.45, 2.75) is 45.2 Å². The number of aliphatic hydroxyl groups excluding tert-OH is 1. The molecule has 4 rings (SSSR count). The first-order valence-corrected chi connectivity index (χ1v) is 10.2. The van der Waals surface area contributed by atoms with Crippen molar-refractivity contribution in [1.29, 1.82) is 0 Å². The summed E-state index contributed by atoms with van der Waals surface area (Å²) in [4.78, 5) is 22.0. The first-order chi connectivity index (χ1) is 13.6. The Morgan fingerprint density at radius 3 is 3.00 bits per heavy atom. The number of carbonyl (C=O) groups is 1. The van der Waals surface area contributed by atoms with Gasteiger partial charge in [-0.15, -0.1) is 0 Å². The fourth-order valence-corrected chi connectivity index (χ4v) is 4.85. The van der Waals surface area contributed by atoms with Crippen molar-refractivity contribution in [2.24, 2.45) is 5.41 Å². The molecule has 28 heavy (non-hydrogen) atoms. The van der Waals surface area contributed by atoms with Gasteiger partial charge in [0, 0.05) is 36.8 Å². The molecule has 6 heteroatoms. The van der Waals surface area contributed by atoms with Gasteiger partial charge in [0.25, 0.3) is 0 Å².